The highest BCUT2D eigenvalue weighted by Crippen LogP contribution is 2.54. The molecule has 1 saturated carbocycles. The van der Waals surface area contributed by atoms with Crippen molar-refractivity contribution in [2.24, 2.45) is 5.41 Å². The molecule has 0 radical (unpaired) electrons. The van der Waals surface area contributed by atoms with Gasteiger partial charge in [0.05, 0.1) is 5.25 Å². The highest BCUT2D eigenvalue weighted by molar-refractivity contribution is 7.91. The number of hydrogen-bond acceptors (Lipinski definition) is 3. The molecule has 1 spiro atoms. The fraction of sp³-hybridized carbons (Fsp3) is 0.625. The van der Waals surface area contributed by atoms with Gasteiger partial charge in [-0.05, 0) is 48.9 Å². The summed E-state index contributed by atoms with van der Waals surface area (Å²) < 4.78 is 24.6. The maximum Gasteiger partial charge on any atom is 0.150 e. The minimum Gasteiger partial charge on any atom is -0.316 e. The number of hydrogen-bond donors (Lipinski definition) is 1. The van der Waals surface area contributed by atoms with Gasteiger partial charge in [-0.1, -0.05) is 30.2 Å². The van der Waals surface area contributed by atoms with Crippen LogP contribution in [0.3, 0.4) is 0 Å². The minimum atomic E-state index is -3.02. The standard InChI is InChI=1S/C16H22ClNO2S/c1-21(19,20)15-6-3-7-16(15)8-9-18-11-14(16)12-4-2-5-13(17)10-12/h2,4-5,10,14-15,18H,3,6-9,11H2,1H3. The number of benzene rings is 1. The molecule has 1 N–H and O–H groups in total. The van der Waals surface area contributed by atoms with E-state index in [0.29, 0.717) is 0 Å². The lowest BCUT2D eigenvalue weighted by Crippen LogP contribution is -2.49. The molecule has 0 aromatic heterocycles. The highest BCUT2D eigenvalue weighted by Gasteiger charge is 2.53. The van der Waals surface area contributed by atoms with Crippen LogP contribution in [0.2, 0.25) is 5.02 Å². The molecular formula is C16H22ClNO2S. The largest absolute Gasteiger partial charge is 0.316 e. The molecule has 0 amide bonds. The van der Waals surface area contributed by atoms with Gasteiger partial charge in [0.1, 0.15) is 0 Å². The van der Waals surface area contributed by atoms with Crippen molar-refractivity contribution in [2.45, 2.75) is 36.9 Å². The first-order valence-electron chi connectivity index (χ1n) is 7.58. The average molecular weight is 328 g/mol. The summed E-state index contributed by atoms with van der Waals surface area (Å²) in [6.07, 6.45) is 5.15. The molecule has 0 bridgehead atoms. The number of piperidine rings is 1. The van der Waals surface area contributed by atoms with Crippen LogP contribution in [0.1, 0.15) is 37.2 Å². The summed E-state index contributed by atoms with van der Waals surface area (Å²) in [5.74, 6) is 0.229. The number of rotatable bonds is 2. The summed E-state index contributed by atoms with van der Waals surface area (Å²) >= 11 is 6.15. The Morgan fingerprint density at radius 3 is 2.86 bits per heavy atom. The molecule has 2 fully saturated rings. The molecule has 2 aliphatic rings. The minimum absolute atomic E-state index is 0.122. The van der Waals surface area contributed by atoms with Crippen molar-refractivity contribution in [3.8, 4) is 0 Å². The molecule has 3 atom stereocenters. The Kier molecular flexibility index (Phi) is 4.06. The molecule has 5 heteroatoms. The van der Waals surface area contributed by atoms with E-state index in [0.717, 1.165) is 43.8 Å². The van der Waals surface area contributed by atoms with Gasteiger partial charge in [-0.15, -0.1) is 0 Å². The fourth-order valence-corrected chi connectivity index (χ4v) is 6.55. The van der Waals surface area contributed by atoms with Crippen LogP contribution in [0, 0.1) is 5.41 Å². The van der Waals surface area contributed by atoms with Crippen molar-refractivity contribution in [3.05, 3.63) is 34.9 Å². The van der Waals surface area contributed by atoms with E-state index in [1.807, 2.05) is 18.2 Å². The molecule has 3 unspecified atom stereocenters. The first-order chi connectivity index (χ1) is 9.93. The van der Waals surface area contributed by atoms with E-state index in [1.54, 1.807) is 0 Å². The second kappa shape index (κ2) is 5.56. The smallest absolute Gasteiger partial charge is 0.150 e. The zero-order chi connectivity index (χ0) is 15.1. The van der Waals surface area contributed by atoms with Crippen LogP contribution < -0.4 is 5.32 Å². The molecule has 1 aromatic rings. The summed E-state index contributed by atoms with van der Waals surface area (Å²) in [7, 11) is -3.02. The fourth-order valence-electron chi connectivity index (χ4n) is 4.51. The predicted octanol–water partition coefficient (Wildman–Crippen LogP) is 3.00. The molecule has 116 valence electrons. The van der Waals surface area contributed by atoms with Crippen LogP contribution in [0.5, 0.6) is 0 Å². The van der Waals surface area contributed by atoms with Crippen molar-refractivity contribution in [1.29, 1.82) is 0 Å². The van der Waals surface area contributed by atoms with E-state index < -0.39 is 9.84 Å². The number of sulfone groups is 1. The summed E-state index contributed by atoms with van der Waals surface area (Å²) in [6, 6.07) is 7.92. The molecular weight excluding hydrogens is 306 g/mol. The molecule has 1 aliphatic carbocycles. The van der Waals surface area contributed by atoms with Crippen LogP contribution in [0.4, 0.5) is 0 Å². The summed E-state index contributed by atoms with van der Waals surface area (Å²) in [5, 5.41) is 3.95. The third kappa shape index (κ3) is 2.73. The zero-order valence-corrected chi connectivity index (χ0v) is 13.9. The van der Waals surface area contributed by atoms with Crippen molar-refractivity contribution in [3.63, 3.8) is 0 Å². The molecule has 1 aromatic carbocycles. The Bertz CT molecular complexity index is 631. The molecule has 3 nitrogen and oxygen atoms in total. The SMILES string of the molecule is CS(=O)(=O)C1CCCC12CCNCC2c1cccc(Cl)c1. The third-order valence-electron chi connectivity index (χ3n) is 5.33. The monoisotopic (exact) mass is 327 g/mol. The number of halogens is 1. The Hall–Kier alpha value is -0.580. The average Bonchev–Trinajstić information content (AvgIpc) is 2.83. The zero-order valence-electron chi connectivity index (χ0n) is 12.3. The van der Waals surface area contributed by atoms with E-state index in [9.17, 15) is 8.42 Å². The molecule has 1 heterocycles. The maximum absolute atomic E-state index is 12.3. The van der Waals surface area contributed by atoms with Crippen molar-refractivity contribution in [2.75, 3.05) is 19.3 Å². The molecule has 3 rings (SSSR count). The highest BCUT2D eigenvalue weighted by atomic mass is 35.5. The first kappa shape index (κ1) is 15.3. The second-order valence-electron chi connectivity index (χ2n) is 6.51. The van der Waals surface area contributed by atoms with Gasteiger partial charge in [0, 0.05) is 23.7 Å². The van der Waals surface area contributed by atoms with Crippen molar-refractivity contribution < 1.29 is 8.42 Å². The van der Waals surface area contributed by atoms with Gasteiger partial charge >= 0.3 is 0 Å². The third-order valence-corrected chi connectivity index (χ3v) is 7.30. The Morgan fingerprint density at radius 1 is 1.33 bits per heavy atom. The van der Waals surface area contributed by atoms with Gasteiger partial charge in [0.15, 0.2) is 9.84 Å². The Balaban J connectivity index is 2.05. The lowest BCUT2D eigenvalue weighted by Gasteiger charge is -2.45. The van der Waals surface area contributed by atoms with E-state index in [4.69, 9.17) is 11.6 Å². The van der Waals surface area contributed by atoms with Crippen LogP contribution in [0.25, 0.3) is 0 Å². The Labute approximate surface area is 132 Å². The van der Waals surface area contributed by atoms with Crippen LogP contribution in [-0.2, 0) is 9.84 Å². The summed E-state index contributed by atoms with van der Waals surface area (Å²) in [5.41, 5.74) is 1.05. The predicted molar refractivity (Wildman–Crippen MR) is 86.6 cm³/mol. The molecule has 1 saturated heterocycles. The first-order valence-corrected chi connectivity index (χ1v) is 9.92. The van der Waals surface area contributed by atoms with Crippen LogP contribution in [-0.4, -0.2) is 33.0 Å². The normalized spacial score (nSPS) is 33.4. The van der Waals surface area contributed by atoms with Gasteiger partial charge in [0.25, 0.3) is 0 Å². The quantitative estimate of drug-likeness (QED) is 0.908. The summed E-state index contributed by atoms with van der Waals surface area (Å²) in [4.78, 5) is 0. The molecule has 21 heavy (non-hydrogen) atoms. The van der Waals surface area contributed by atoms with Crippen LogP contribution >= 0.6 is 11.6 Å². The van der Waals surface area contributed by atoms with Gasteiger partial charge in [-0.3, -0.25) is 0 Å². The molecule has 1 aliphatic heterocycles. The van der Waals surface area contributed by atoms with E-state index in [2.05, 4.69) is 11.4 Å². The second-order valence-corrected chi connectivity index (χ2v) is 9.17. The van der Waals surface area contributed by atoms with Gasteiger partial charge in [-0.25, -0.2) is 8.42 Å². The van der Waals surface area contributed by atoms with Crippen molar-refractivity contribution >= 4 is 21.4 Å². The van der Waals surface area contributed by atoms with E-state index in [1.165, 1.54) is 11.8 Å². The lowest BCUT2D eigenvalue weighted by molar-refractivity contribution is 0.173. The summed E-state index contributed by atoms with van der Waals surface area (Å²) in [6.45, 7) is 1.75. The number of nitrogens with one attached hydrogen (secondary N) is 1. The van der Waals surface area contributed by atoms with Gasteiger partial charge in [-0.2, -0.15) is 0 Å². The Morgan fingerprint density at radius 2 is 2.14 bits per heavy atom. The lowest BCUT2D eigenvalue weighted by atomic mass is 9.66. The maximum atomic E-state index is 12.3. The topological polar surface area (TPSA) is 46.2 Å². The van der Waals surface area contributed by atoms with Gasteiger partial charge < -0.3 is 5.32 Å². The van der Waals surface area contributed by atoms with E-state index >= 15 is 0 Å². The van der Waals surface area contributed by atoms with E-state index in [-0.39, 0.29) is 16.6 Å². The van der Waals surface area contributed by atoms with Gasteiger partial charge in [0.2, 0.25) is 0 Å². The van der Waals surface area contributed by atoms with Crippen LogP contribution in [0.15, 0.2) is 24.3 Å². The van der Waals surface area contributed by atoms with Crippen molar-refractivity contribution in [1.82, 2.24) is 5.32 Å².